The normalized spacial score (nSPS) is 18.6. The largest absolute Gasteiger partial charge is 0.416 e. The number of aromatic nitrogens is 2. The Morgan fingerprint density at radius 1 is 1.33 bits per heavy atom. The number of benzene rings is 1. The van der Waals surface area contributed by atoms with E-state index in [1.54, 1.807) is 6.07 Å². The highest BCUT2D eigenvalue weighted by atomic mass is 35.5. The van der Waals surface area contributed by atoms with Crippen LogP contribution < -0.4 is 0 Å². The van der Waals surface area contributed by atoms with Gasteiger partial charge < -0.3 is 4.57 Å². The van der Waals surface area contributed by atoms with Crippen molar-refractivity contribution in [3.8, 4) is 11.4 Å². The predicted molar refractivity (Wildman–Crippen MR) is 75.3 cm³/mol. The van der Waals surface area contributed by atoms with E-state index in [1.807, 2.05) is 4.57 Å². The summed E-state index contributed by atoms with van der Waals surface area (Å²) in [5, 5.41) is 0.398. The van der Waals surface area contributed by atoms with Gasteiger partial charge in [-0.1, -0.05) is 30.7 Å². The minimum absolute atomic E-state index is 0.276. The highest BCUT2D eigenvalue weighted by Gasteiger charge is 2.31. The van der Waals surface area contributed by atoms with E-state index in [9.17, 15) is 13.2 Å². The maximum Gasteiger partial charge on any atom is 0.416 e. The molecule has 2 aromatic rings. The summed E-state index contributed by atoms with van der Waals surface area (Å²) in [5.41, 5.74) is 0.708. The van der Waals surface area contributed by atoms with Gasteiger partial charge in [-0.25, -0.2) is 4.98 Å². The summed E-state index contributed by atoms with van der Waals surface area (Å²) >= 11 is 6.18. The smallest absolute Gasteiger partial charge is 0.326 e. The fraction of sp³-hybridized carbons (Fsp3) is 0.400. The van der Waals surface area contributed by atoms with Crippen LogP contribution in [0.5, 0.6) is 0 Å². The zero-order valence-electron chi connectivity index (χ0n) is 11.4. The molecule has 1 aromatic carbocycles. The van der Waals surface area contributed by atoms with Crippen LogP contribution in [0.3, 0.4) is 0 Å². The second-order valence-electron chi connectivity index (χ2n) is 5.38. The van der Waals surface area contributed by atoms with Gasteiger partial charge in [0.15, 0.2) is 5.15 Å². The third-order valence-electron chi connectivity index (χ3n) is 3.90. The molecule has 0 saturated heterocycles. The third-order valence-corrected chi connectivity index (χ3v) is 4.17. The number of hydrogen-bond acceptors (Lipinski definition) is 1. The molecule has 0 bridgehead atoms. The Labute approximate surface area is 125 Å². The van der Waals surface area contributed by atoms with E-state index in [-0.39, 0.29) is 5.92 Å². The first-order valence-electron chi connectivity index (χ1n) is 6.81. The second kappa shape index (κ2) is 5.05. The molecule has 1 aromatic heterocycles. The number of alkyl halides is 3. The molecule has 21 heavy (non-hydrogen) atoms. The monoisotopic (exact) mass is 314 g/mol. The van der Waals surface area contributed by atoms with Gasteiger partial charge in [0.2, 0.25) is 0 Å². The van der Waals surface area contributed by atoms with Crippen LogP contribution in [0.15, 0.2) is 24.3 Å². The molecule has 2 heterocycles. The Morgan fingerprint density at radius 2 is 2.10 bits per heavy atom. The Kier molecular flexibility index (Phi) is 3.48. The molecule has 0 spiro atoms. The van der Waals surface area contributed by atoms with Crippen molar-refractivity contribution in [2.45, 2.75) is 38.4 Å². The van der Waals surface area contributed by atoms with Crippen molar-refractivity contribution in [1.29, 1.82) is 0 Å². The van der Waals surface area contributed by atoms with Crippen molar-refractivity contribution in [2.24, 2.45) is 0 Å². The molecule has 1 atom stereocenters. The summed E-state index contributed by atoms with van der Waals surface area (Å²) in [5.74, 6) is 0.797. The van der Waals surface area contributed by atoms with E-state index < -0.39 is 11.7 Å². The summed E-state index contributed by atoms with van der Waals surface area (Å²) in [6.45, 7) is 2.81. The van der Waals surface area contributed by atoms with Gasteiger partial charge in [-0.2, -0.15) is 13.2 Å². The quantitative estimate of drug-likeness (QED) is 0.714. The maximum absolute atomic E-state index is 12.8. The van der Waals surface area contributed by atoms with Crippen molar-refractivity contribution in [2.75, 3.05) is 0 Å². The van der Waals surface area contributed by atoms with E-state index in [0.29, 0.717) is 16.5 Å². The van der Waals surface area contributed by atoms with Gasteiger partial charge in [-0.15, -0.1) is 0 Å². The van der Waals surface area contributed by atoms with Gasteiger partial charge >= 0.3 is 6.18 Å². The average Bonchev–Trinajstić information content (AvgIpc) is 2.77. The van der Waals surface area contributed by atoms with Crippen LogP contribution >= 0.6 is 11.6 Å². The molecule has 0 radical (unpaired) electrons. The molecule has 0 aliphatic carbocycles. The fourth-order valence-corrected chi connectivity index (χ4v) is 3.25. The highest BCUT2D eigenvalue weighted by Crippen LogP contribution is 2.37. The van der Waals surface area contributed by atoms with Crippen molar-refractivity contribution in [3.63, 3.8) is 0 Å². The molecule has 6 heteroatoms. The minimum Gasteiger partial charge on any atom is -0.326 e. The van der Waals surface area contributed by atoms with Gasteiger partial charge in [-0.05, 0) is 30.9 Å². The number of halogens is 4. The number of fused-ring (bicyclic) bond motifs is 1. The van der Waals surface area contributed by atoms with Crippen LogP contribution in [-0.2, 0) is 12.7 Å². The SMILES string of the molecule is CC1CCCn2c(-c3cccc(C(F)(F)F)c3)nc(Cl)c21. The van der Waals surface area contributed by atoms with Crippen LogP contribution in [0.4, 0.5) is 13.2 Å². The minimum atomic E-state index is -4.36. The molecule has 0 N–H and O–H groups in total. The summed E-state index contributed by atoms with van der Waals surface area (Å²) in [6.07, 6.45) is -2.36. The van der Waals surface area contributed by atoms with E-state index in [1.165, 1.54) is 6.07 Å². The summed E-state index contributed by atoms with van der Waals surface area (Å²) in [4.78, 5) is 4.30. The zero-order valence-corrected chi connectivity index (χ0v) is 12.2. The number of imidazole rings is 1. The predicted octanol–water partition coefficient (Wildman–Crippen LogP) is 5.12. The Hall–Kier alpha value is -1.49. The maximum atomic E-state index is 12.8. The molecule has 0 fully saturated rings. The standard InChI is InChI=1S/C15H14ClF3N2/c1-9-4-3-7-21-12(9)13(16)20-14(21)10-5-2-6-11(8-10)15(17,18)19/h2,5-6,8-9H,3-4,7H2,1H3. The lowest BCUT2D eigenvalue weighted by Crippen LogP contribution is -2.14. The first kappa shape index (κ1) is 14.4. The molecule has 2 nitrogen and oxygen atoms in total. The lowest BCUT2D eigenvalue weighted by Gasteiger charge is -2.22. The van der Waals surface area contributed by atoms with Crippen LogP contribution in [-0.4, -0.2) is 9.55 Å². The summed E-state index contributed by atoms with van der Waals surface area (Å²) in [7, 11) is 0. The van der Waals surface area contributed by atoms with Crippen molar-refractivity contribution < 1.29 is 13.2 Å². The molecule has 1 aliphatic heterocycles. The van der Waals surface area contributed by atoms with Crippen molar-refractivity contribution >= 4 is 11.6 Å². The molecule has 0 amide bonds. The first-order valence-corrected chi connectivity index (χ1v) is 7.19. The Balaban J connectivity index is 2.12. The van der Waals surface area contributed by atoms with Crippen LogP contribution in [0.2, 0.25) is 5.15 Å². The van der Waals surface area contributed by atoms with Crippen LogP contribution in [0.1, 0.15) is 36.9 Å². The van der Waals surface area contributed by atoms with Gasteiger partial charge in [0.1, 0.15) is 5.82 Å². The lowest BCUT2D eigenvalue weighted by atomic mass is 9.98. The fourth-order valence-electron chi connectivity index (χ4n) is 2.88. The third kappa shape index (κ3) is 2.55. The van der Waals surface area contributed by atoms with Gasteiger partial charge in [-0.3, -0.25) is 0 Å². The van der Waals surface area contributed by atoms with Crippen molar-refractivity contribution in [3.05, 3.63) is 40.7 Å². The van der Waals surface area contributed by atoms with Crippen molar-refractivity contribution in [1.82, 2.24) is 9.55 Å². The van der Waals surface area contributed by atoms with Gasteiger partial charge in [0.05, 0.1) is 11.3 Å². The first-order chi connectivity index (χ1) is 9.88. The topological polar surface area (TPSA) is 17.8 Å². The van der Waals surface area contributed by atoms with Crippen LogP contribution in [0.25, 0.3) is 11.4 Å². The van der Waals surface area contributed by atoms with Gasteiger partial charge in [0, 0.05) is 12.1 Å². The lowest BCUT2D eigenvalue weighted by molar-refractivity contribution is -0.137. The average molecular weight is 315 g/mol. The zero-order chi connectivity index (χ0) is 15.2. The van der Waals surface area contributed by atoms with Crippen LogP contribution in [0, 0.1) is 0 Å². The molecular weight excluding hydrogens is 301 g/mol. The molecule has 1 aliphatic rings. The molecule has 3 rings (SSSR count). The molecule has 0 saturated carbocycles. The molecule has 112 valence electrons. The number of nitrogens with zero attached hydrogens (tertiary/aromatic N) is 2. The number of rotatable bonds is 1. The van der Waals surface area contributed by atoms with E-state index in [0.717, 1.165) is 37.2 Å². The molecular formula is C15H14ClF3N2. The van der Waals surface area contributed by atoms with E-state index in [4.69, 9.17) is 11.6 Å². The van der Waals surface area contributed by atoms with E-state index >= 15 is 0 Å². The van der Waals surface area contributed by atoms with E-state index in [2.05, 4.69) is 11.9 Å². The summed E-state index contributed by atoms with van der Waals surface area (Å²) in [6, 6.07) is 5.24. The summed E-state index contributed by atoms with van der Waals surface area (Å²) < 4.78 is 40.5. The second-order valence-corrected chi connectivity index (χ2v) is 5.74. The Morgan fingerprint density at radius 3 is 2.81 bits per heavy atom. The molecule has 1 unspecified atom stereocenters. The Bertz CT molecular complexity index is 676. The van der Waals surface area contributed by atoms with Gasteiger partial charge in [0.25, 0.3) is 0 Å². The highest BCUT2D eigenvalue weighted by molar-refractivity contribution is 6.30. The number of hydrogen-bond donors (Lipinski definition) is 0.